The van der Waals surface area contributed by atoms with E-state index in [4.69, 9.17) is 9.15 Å². The molecule has 1 aromatic heterocycles. The van der Waals surface area contributed by atoms with E-state index in [2.05, 4.69) is 4.98 Å². The molecule has 4 heteroatoms. The summed E-state index contributed by atoms with van der Waals surface area (Å²) in [7, 11) is 0. The minimum atomic E-state index is -0.259. The predicted molar refractivity (Wildman–Crippen MR) is 61.7 cm³/mol. The van der Waals surface area contributed by atoms with Crippen molar-refractivity contribution in [2.45, 2.75) is 25.4 Å². The lowest BCUT2D eigenvalue weighted by atomic mass is 10.1. The first kappa shape index (κ1) is 10.5. The molecule has 0 N–H and O–H groups in total. The molecular weight excluding hydrogens is 218 g/mol. The van der Waals surface area contributed by atoms with E-state index in [-0.39, 0.29) is 18.3 Å². The van der Waals surface area contributed by atoms with E-state index in [1.807, 2.05) is 24.3 Å². The van der Waals surface area contributed by atoms with Crippen LogP contribution in [0.4, 0.5) is 0 Å². The standard InChI is InChI=1S/C13H13NO3/c15-10(12-6-3-7-16-12)8-13-14-9-4-1-2-5-11(9)17-13/h1-2,4-5,12H,3,6-8H2. The molecule has 0 aliphatic carbocycles. The number of hydrogen-bond donors (Lipinski definition) is 0. The highest BCUT2D eigenvalue weighted by molar-refractivity contribution is 5.85. The summed E-state index contributed by atoms with van der Waals surface area (Å²) in [4.78, 5) is 16.1. The molecule has 1 atom stereocenters. The summed E-state index contributed by atoms with van der Waals surface area (Å²) in [6, 6.07) is 7.51. The molecule has 0 spiro atoms. The van der Waals surface area contributed by atoms with Gasteiger partial charge in [-0.15, -0.1) is 0 Å². The van der Waals surface area contributed by atoms with Crippen LogP contribution >= 0.6 is 0 Å². The average Bonchev–Trinajstić information content (AvgIpc) is 2.97. The zero-order chi connectivity index (χ0) is 11.7. The third-order valence-electron chi connectivity index (χ3n) is 2.95. The lowest BCUT2D eigenvalue weighted by molar-refractivity contribution is -0.127. The van der Waals surface area contributed by atoms with Crippen molar-refractivity contribution < 1.29 is 13.9 Å². The van der Waals surface area contributed by atoms with Crippen molar-refractivity contribution in [3.05, 3.63) is 30.2 Å². The second kappa shape index (κ2) is 4.30. The smallest absolute Gasteiger partial charge is 0.203 e. The predicted octanol–water partition coefficient (Wildman–Crippen LogP) is 2.12. The van der Waals surface area contributed by atoms with Crippen molar-refractivity contribution in [1.82, 2.24) is 4.98 Å². The molecule has 3 rings (SSSR count). The first-order chi connectivity index (χ1) is 8.33. The number of ether oxygens (including phenoxy) is 1. The first-order valence-corrected chi connectivity index (χ1v) is 5.82. The van der Waals surface area contributed by atoms with Gasteiger partial charge in [0, 0.05) is 6.61 Å². The van der Waals surface area contributed by atoms with E-state index >= 15 is 0 Å². The Labute approximate surface area is 98.6 Å². The van der Waals surface area contributed by atoms with Gasteiger partial charge in [0.2, 0.25) is 5.89 Å². The highest BCUT2D eigenvalue weighted by atomic mass is 16.5. The van der Waals surface area contributed by atoms with Crippen molar-refractivity contribution in [3.8, 4) is 0 Å². The molecule has 88 valence electrons. The van der Waals surface area contributed by atoms with Crippen LogP contribution < -0.4 is 0 Å². The number of nitrogens with zero attached hydrogens (tertiary/aromatic N) is 1. The number of oxazole rings is 1. The Morgan fingerprint density at radius 1 is 1.41 bits per heavy atom. The van der Waals surface area contributed by atoms with Crippen LogP contribution in [0.25, 0.3) is 11.1 Å². The summed E-state index contributed by atoms with van der Waals surface area (Å²) in [6.45, 7) is 0.684. The van der Waals surface area contributed by atoms with Crippen molar-refractivity contribution in [1.29, 1.82) is 0 Å². The third-order valence-corrected chi connectivity index (χ3v) is 2.95. The Morgan fingerprint density at radius 3 is 3.06 bits per heavy atom. The van der Waals surface area contributed by atoms with E-state index in [0.29, 0.717) is 12.5 Å². The normalized spacial score (nSPS) is 19.9. The van der Waals surface area contributed by atoms with E-state index in [9.17, 15) is 4.79 Å². The Balaban J connectivity index is 1.77. The highest BCUT2D eigenvalue weighted by Crippen LogP contribution is 2.18. The van der Waals surface area contributed by atoms with Crippen LogP contribution in [0.15, 0.2) is 28.7 Å². The third kappa shape index (κ3) is 2.08. The van der Waals surface area contributed by atoms with Gasteiger partial charge in [-0.2, -0.15) is 0 Å². The zero-order valence-corrected chi connectivity index (χ0v) is 9.39. The van der Waals surface area contributed by atoms with Gasteiger partial charge in [0.05, 0.1) is 6.42 Å². The summed E-state index contributed by atoms with van der Waals surface area (Å²) in [5.41, 5.74) is 1.52. The number of hydrogen-bond acceptors (Lipinski definition) is 4. The van der Waals surface area contributed by atoms with Gasteiger partial charge >= 0.3 is 0 Å². The highest BCUT2D eigenvalue weighted by Gasteiger charge is 2.24. The lowest BCUT2D eigenvalue weighted by Crippen LogP contribution is -2.21. The molecule has 1 saturated heterocycles. The summed E-state index contributed by atoms with van der Waals surface area (Å²) in [5, 5.41) is 0. The van der Waals surface area contributed by atoms with E-state index in [0.717, 1.165) is 23.9 Å². The molecule has 4 nitrogen and oxygen atoms in total. The van der Waals surface area contributed by atoms with E-state index < -0.39 is 0 Å². The molecule has 0 radical (unpaired) electrons. The quantitative estimate of drug-likeness (QED) is 0.811. The molecule has 2 heterocycles. The lowest BCUT2D eigenvalue weighted by Gasteiger charge is -2.05. The second-order valence-corrected chi connectivity index (χ2v) is 4.22. The first-order valence-electron chi connectivity index (χ1n) is 5.82. The van der Waals surface area contributed by atoms with Crippen LogP contribution in [-0.2, 0) is 16.0 Å². The number of rotatable bonds is 3. The molecule has 1 fully saturated rings. The number of fused-ring (bicyclic) bond motifs is 1. The maximum Gasteiger partial charge on any atom is 0.203 e. The fraction of sp³-hybridized carbons (Fsp3) is 0.385. The van der Waals surface area contributed by atoms with Gasteiger partial charge in [0.25, 0.3) is 0 Å². The number of carbonyl (C=O) groups excluding carboxylic acids is 1. The Bertz CT molecular complexity index is 507. The van der Waals surface area contributed by atoms with Gasteiger partial charge in [0.1, 0.15) is 11.6 Å². The molecular formula is C13H13NO3. The second-order valence-electron chi connectivity index (χ2n) is 4.22. The summed E-state index contributed by atoms with van der Waals surface area (Å²) in [6.07, 6.45) is 1.74. The molecule has 0 bridgehead atoms. The van der Waals surface area contributed by atoms with Gasteiger partial charge in [0.15, 0.2) is 11.4 Å². The van der Waals surface area contributed by atoms with Gasteiger partial charge in [-0.1, -0.05) is 12.1 Å². The molecule has 17 heavy (non-hydrogen) atoms. The van der Waals surface area contributed by atoms with Gasteiger partial charge < -0.3 is 9.15 Å². The molecule has 1 aliphatic rings. The maximum atomic E-state index is 11.9. The van der Waals surface area contributed by atoms with Crippen LogP contribution in [0.5, 0.6) is 0 Å². The van der Waals surface area contributed by atoms with Crippen LogP contribution in [0.1, 0.15) is 18.7 Å². The Kier molecular flexibility index (Phi) is 2.65. The van der Waals surface area contributed by atoms with Gasteiger partial charge in [-0.05, 0) is 25.0 Å². The number of Topliss-reactive ketones (excluding diaryl/α,β-unsaturated/α-hetero) is 1. The Morgan fingerprint density at radius 2 is 2.29 bits per heavy atom. The van der Waals surface area contributed by atoms with Crippen molar-refractivity contribution >= 4 is 16.9 Å². The van der Waals surface area contributed by atoms with Crippen molar-refractivity contribution in [2.24, 2.45) is 0 Å². The number of para-hydroxylation sites is 2. The van der Waals surface area contributed by atoms with Crippen molar-refractivity contribution in [2.75, 3.05) is 6.61 Å². The minimum absolute atomic E-state index is 0.0639. The van der Waals surface area contributed by atoms with Crippen LogP contribution in [0.3, 0.4) is 0 Å². The average molecular weight is 231 g/mol. The molecule has 1 aromatic carbocycles. The van der Waals surface area contributed by atoms with Crippen LogP contribution in [-0.4, -0.2) is 23.5 Å². The van der Waals surface area contributed by atoms with E-state index in [1.165, 1.54) is 0 Å². The van der Waals surface area contributed by atoms with Crippen LogP contribution in [0, 0.1) is 0 Å². The minimum Gasteiger partial charge on any atom is -0.440 e. The fourth-order valence-electron chi connectivity index (χ4n) is 2.09. The van der Waals surface area contributed by atoms with Crippen molar-refractivity contribution in [3.63, 3.8) is 0 Å². The van der Waals surface area contributed by atoms with Gasteiger partial charge in [-0.25, -0.2) is 4.98 Å². The largest absolute Gasteiger partial charge is 0.440 e. The fourth-order valence-corrected chi connectivity index (χ4v) is 2.09. The monoisotopic (exact) mass is 231 g/mol. The SMILES string of the molecule is O=C(Cc1nc2ccccc2o1)C1CCCO1. The van der Waals surface area contributed by atoms with Gasteiger partial charge in [-0.3, -0.25) is 4.79 Å². The number of benzene rings is 1. The van der Waals surface area contributed by atoms with Crippen LogP contribution in [0.2, 0.25) is 0 Å². The molecule has 1 unspecified atom stereocenters. The number of aromatic nitrogens is 1. The topological polar surface area (TPSA) is 52.3 Å². The maximum absolute atomic E-state index is 11.9. The number of ketones is 1. The molecule has 0 saturated carbocycles. The zero-order valence-electron chi connectivity index (χ0n) is 9.39. The van der Waals surface area contributed by atoms with E-state index in [1.54, 1.807) is 0 Å². The summed E-state index contributed by atoms with van der Waals surface area (Å²) < 4.78 is 10.9. The summed E-state index contributed by atoms with van der Waals surface area (Å²) >= 11 is 0. The number of carbonyl (C=O) groups is 1. The molecule has 2 aromatic rings. The Hall–Kier alpha value is -1.68. The molecule has 1 aliphatic heterocycles. The summed E-state index contributed by atoms with van der Waals surface area (Å²) in [5.74, 6) is 0.542. The molecule has 0 amide bonds.